The second kappa shape index (κ2) is 5.02. The lowest BCUT2D eigenvalue weighted by Crippen LogP contribution is -2.39. The molecule has 1 N–H and O–H groups in total. The van der Waals surface area contributed by atoms with E-state index in [-0.39, 0.29) is 12.0 Å². The maximum atomic E-state index is 11.4. The summed E-state index contributed by atoms with van der Waals surface area (Å²) in [5, 5.41) is 9.08. The highest BCUT2D eigenvalue weighted by Crippen LogP contribution is 2.27. The van der Waals surface area contributed by atoms with Crippen molar-refractivity contribution >= 4 is 5.91 Å². The first kappa shape index (κ1) is 11.1. The molecule has 0 heterocycles. The van der Waals surface area contributed by atoms with E-state index in [2.05, 4.69) is 5.92 Å². The monoisotopic (exact) mass is 195 g/mol. The van der Waals surface area contributed by atoms with Gasteiger partial charge in [-0.25, -0.2) is 0 Å². The van der Waals surface area contributed by atoms with E-state index in [4.69, 9.17) is 11.5 Å². The zero-order valence-electron chi connectivity index (χ0n) is 8.57. The van der Waals surface area contributed by atoms with Crippen LogP contribution in [0.15, 0.2) is 0 Å². The quantitative estimate of drug-likeness (QED) is 0.668. The molecule has 0 unspecified atom stereocenters. The molecule has 3 nitrogen and oxygen atoms in total. The van der Waals surface area contributed by atoms with Gasteiger partial charge in [0.2, 0.25) is 5.91 Å². The van der Waals surface area contributed by atoms with Crippen LogP contribution in [0.4, 0.5) is 0 Å². The van der Waals surface area contributed by atoms with Crippen LogP contribution in [0.3, 0.4) is 0 Å². The van der Waals surface area contributed by atoms with Gasteiger partial charge < -0.3 is 10.0 Å². The fourth-order valence-electron chi connectivity index (χ4n) is 1.71. The van der Waals surface area contributed by atoms with Crippen molar-refractivity contribution in [3.63, 3.8) is 0 Å². The van der Waals surface area contributed by atoms with Gasteiger partial charge in [-0.05, 0) is 18.8 Å². The normalized spacial score (nSPS) is 24.9. The lowest BCUT2D eigenvalue weighted by atomic mass is 9.82. The molecule has 1 fully saturated rings. The molecule has 1 aliphatic rings. The number of rotatable bonds is 4. The van der Waals surface area contributed by atoms with E-state index in [0.29, 0.717) is 18.8 Å². The lowest BCUT2D eigenvalue weighted by Gasteiger charge is -2.34. The van der Waals surface area contributed by atoms with Crippen LogP contribution in [0.5, 0.6) is 0 Å². The molecule has 0 atom stereocenters. The highest BCUT2D eigenvalue weighted by atomic mass is 16.3. The van der Waals surface area contributed by atoms with Gasteiger partial charge in [-0.2, -0.15) is 0 Å². The highest BCUT2D eigenvalue weighted by molar-refractivity contribution is 5.76. The smallest absolute Gasteiger partial charge is 0.223 e. The van der Waals surface area contributed by atoms with E-state index in [1.165, 1.54) is 0 Å². The van der Waals surface area contributed by atoms with Crippen LogP contribution in [0.2, 0.25) is 0 Å². The lowest BCUT2D eigenvalue weighted by molar-refractivity contribution is -0.131. The summed E-state index contributed by atoms with van der Waals surface area (Å²) in [4.78, 5) is 13.1. The van der Waals surface area contributed by atoms with E-state index >= 15 is 0 Å². The molecule has 0 aromatic carbocycles. The Morgan fingerprint density at radius 1 is 1.64 bits per heavy atom. The zero-order chi connectivity index (χ0) is 10.6. The summed E-state index contributed by atoms with van der Waals surface area (Å²) >= 11 is 0. The number of hydrogen-bond donors (Lipinski definition) is 1. The Morgan fingerprint density at radius 3 is 2.79 bits per heavy atom. The predicted molar refractivity (Wildman–Crippen MR) is 54.4 cm³/mol. The number of aliphatic hydroxyl groups is 1. The Hall–Kier alpha value is -1.01. The van der Waals surface area contributed by atoms with Gasteiger partial charge in [0.15, 0.2) is 0 Å². The Kier molecular flexibility index (Phi) is 3.97. The van der Waals surface area contributed by atoms with Crippen LogP contribution >= 0.6 is 0 Å². The standard InChI is InChI=1S/C11H17NO2/c1-3-4-5-11(14)12(2)8-9-6-10(13)7-9/h1,9-10,13H,4-8H2,2H3. The Labute approximate surface area is 85.1 Å². The third-order valence-electron chi connectivity index (χ3n) is 2.65. The summed E-state index contributed by atoms with van der Waals surface area (Å²) in [5.41, 5.74) is 0. The van der Waals surface area contributed by atoms with Crippen molar-refractivity contribution in [2.45, 2.75) is 31.8 Å². The van der Waals surface area contributed by atoms with Crippen LogP contribution in [0, 0.1) is 18.3 Å². The highest BCUT2D eigenvalue weighted by Gasteiger charge is 2.28. The van der Waals surface area contributed by atoms with Crippen molar-refractivity contribution in [1.29, 1.82) is 0 Å². The van der Waals surface area contributed by atoms with Gasteiger partial charge in [-0.3, -0.25) is 4.79 Å². The molecule has 1 aliphatic carbocycles. The van der Waals surface area contributed by atoms with Crippen molar-refractivity contribution in [1.82, 2.24) is 4.90 Å². The largest absolute Gasteiger partial charge is 0.393 e. The van der Waals surface area contributed by atoms with E-state index < -0.39 is 0 Å². The van der Waals surface area contributed by atoms with Crippen LogP contribution in [-0.2, 0) is 4.79 Å². The number of terminal acetylenes is 1. The Morgan fingerprint density at radius 2 is 2.29 bits per heavy atom. The first-order valence-electron chi connectivity index (χ1n) is 4.99. The second-order valence-electron chi connectivity index (χ2n) is 3.97. The number of carbonyl (C=O) groups is 1. The van der Waals surface area contributed by atoms with Gasteiger partial charge in [0.1, 0.15) is 0 Å². The molecule has 0 saturated heterocycles. The van der Waals surface area contributed by atoms with Crippen LogP contribution in [0.25, 0.3) is 0 Å². The first-order valence-corrected chi connectivity index (χ1v) is 4.99. The summed E-state index contributed by atoms with van der Waals surface area (Å²) in [6.45, 7) is 0.750. The molecule has 0 spiro atoms. The van der Waals surface area contributed by atoms with Gasteiger partial charge in [-0.1, -0.05) is 0 Å². The molecule has 1 rings (SSSR count). The molecule has 14 heavy (non-hydrogen) atoms. The Bertz CT molecular complexity index is 238. The van der Waals surface area contributed by atoms with Crippen molar-refractivity contribution in [3.8, 4) is 12.3 Å². The topological polar surface area (TPSA) is 40.5 Å². The Balaban J connectivity index is 2.18. The molecule has 78 valence electrons. The van der Waals surface area contributed by atoms with Crippen molar-refractivity contribution in [3.05, 3.63) is 0 Å². The van der Waals surface area contributed by atoms with Crippen molar-refractivity contribution in [2.75, 3.05) is 13.6 Å². The average molecular weight is 195 g/mol. The summed E-state index contributed by atoms with van der Waals surface area (Å²) in [6, 6.07) is 0. The fourth-order valence-corrected chi connectivity index (χ4v) is 1.71. The third-order valence-corrected chi connectivity index (χ3v) is 2.65. The molecule has 0 aromatic heterocycles. The molecule has 0 bridgehead atoms. The minimum absolute atomic E-state index is 0.101. The average Bonchev–Trinajstić information content (AvgIpc) is 2.11. The van der Waals surface area contributed by atoms with Gasteiger partial charge in [0.05, 0.1) is 6.10 Å². The fraction of sp³-hybridized carbons (Fsp3) is 0.727. The molecule has 1 amide bonds. The molecular weight excluding hydrogens is 178 g/mol. The number of carbonyl (C=O) groups excluding carboxylic acids is 1. The van der Waals surface area contributed by atoms with Crippen LogP contribution in [0.1, 0.15) is 25.7 Å². The molecule has 0 aliphatic heterocycles. The van der Waals surface area contributed by atoms with E-state index in [1.807, 2.05) is 0 Å². The van der Waals surface area contributed by atoms with Crippen molar-refractivity contribution in [2.24, 2.45) is 5.92 Å². The predicted octanol–water partition coefficient (Wildman–Crippen LogP) is 0.629. The van der Waals surface area contributed by atoms with E-state index in [1.54, 1.807) is 11.9 Å². The van der Waals surface area contributed by atoms with E-state index in [9.17, 15) is 4.79 Å². The molecule has 3 heteroatoms. The van der Waals surface area contributed by atoms with Gasteiger partial charge in [-0.15, -0.1) is 12.3 Å². The summed E-state index contributed by atoms with van der Waals surface area (Å²) in [7, 11) is 1.80. The number of nitrogens with zero attached hydrogens (tertiary/aromatic N) is 1. The minimum atomic E-state index is -0.144. The molecule has 0 radical (unpaired) electrons. The maximum Gasteiger partial charge on any atom is 0.223 e. The minimum Gasteiger partial charge on any atom is -0.393 e. The van der Waals surface area contributed by atoms with Gasteiger partial charge in [0, 0.05) is 26.4 Å². The number of hydrogen-bond acceptors (Lipinski definition) is 2. The van der Waals surface area contributed by atoms with Gasteiger partial charge in [0.25, 0.3) is 0 Å². The summed E-state index contributed by atoms with van der Waals surface area (Å²) < 4.78 is 0. The number of amides is 1. The SMILES string of the molecule is C#CCCC(=O)N(C)CC1CC(O)C1. The van der Waals surface area contributed by atoms with Crippen LogP contribution in [-0.4, -0.2) is 35.6 Å². The zero-order valence-corrected chi connectivity index (χ0v) is 8.57. The third kappa shape index (κ3) is 3.04. The van der Waals surface area contributed by atoms with Crippen LogP contribution < -0.4 is 0 Å². The summed E-state index contributed by atoms with van der Waals surface area (Å²) in [5.74, 6) is 3.03. The molecular formula is C11H17NO2. The maximum absolute atomic E-state index is 11.4. The van der Waals surface area contributed by atoms with E-state index in [0.717, 1.165) is 19.4 Å². The molecule has 1 saturated carbocycles. The first-order chi connectivity index (χ1) is 6.63. The number of aliphatic hydroxyl groups excluding tert-OH is 1. The summed E-state index contributed by atoms with van der Waals surface area (Å²) in [6.07, 6.45) is 7.53. The van der Waals surface area contributed by atoms with Crippen molar-refractivity contribution < 1.29 is 9.90 Å². The second-order valence-corrected chi connectivity index (χ2v) is 3.97. The van der Waals surface area contributed by atoms with Gasteiger partial charge >= 0.3 is 0 Å². The molecule has 0 aromatic rings.